The molecular formula is C12H11ClN2O2S. The Labute approximate surface area is 113 Å². The minimum atomic E-state index is -0.393. The summed E-state index contributed by atoms with van der Waals surface area (Å²) in [6.45, 7) is 2.51. The lowest BCUT2D eigenvalue weighted by Crippen LogP contribution is -2.00. The maximum absolute atomic E-state index is 10.6. The molecule has 0 unspecified atom stereocenters. The predicted molar refractivity (Wildman–Crippen MR) is 74.5 cm³/mol. The van der Waals surface area contributed by atoms with Gasteiger partial charge in [0.2, 0.25) is 0 Å². The number of nitrogens with one attached hydrogen (secondary N) is 1. The highest BCUT2D eigenvalue weighted by molar-refractivity contribution is 7.10. The highest BCUT2D eigenvalue weighted by Gasteiger charge is 2.08. The van der Waals surface area contributed by atoms with Gasteiger partial charge in [-0.15, -0.1) is 11.3 Å². The zero-order valence-corrected chi connectivity index (χ0v) is 11.2. The molecule has 0 atom stereocenters. The first-order valence-corrected chi connectivity index (χ1v) is 6.54. The summed E-state index contributed by atoms with van der Waals surface area (Å²) in [5.41, 5.74) is 1.86. The Morgan fingerprint density at radius 3 is 2.78 bits per heavy atom. The molecule has 0 saturated carbocycles. The zero-order chi connectivity index (χ0) is 13.1. The van der Waals surface area contributed by atoms with E-state index < -0.39 is 4.92 Å². The molecule has 0 radical (unpaired) electrons. The molecule has 1 aromatic carbocycles. The molecule has 0 saturated heterocycles. The molecule has 0 spiro atoms. The first-order valence-electron chi connectivity index (χ1n) is 5.28. The molecule has 2 rings (SSSR count). The normalized spacial score (nSPS) is 10.3. The first-order chi connectivity index (χ1) is 8.56. The standard InChI is InChI=1S/C12H11ClN2O2S/c1-8-4-10(15(16)17)2-3-12(8)14-6-11-5-9(13)7-18-11/h2-5,7,14H,6H2,1H3. The Bertz CT molecular complexity index is 583. The predicted octanol–water partition coefficient (Wildman–Crippen LogP) is 4.23. The van der Waals surface area contributed by atoms with E-state index in [0.29, 0.717) is 6.54 Å². The van der Waals surface area contributed by atoms with Gasteiger partial charge in [-0.3, -0.25) is 10.1 Å². The highest BCUT2D eigenvalue weighted by Crippen LogP contribution is 2.24. The second kappa shape index (κ2) is 5.37. The lowest BCUT2D eigenvalue weighted by Gasteiger charge is -2.07. The Morgan fingerprint density at radius 1 is 1.44 bits per heavy atom. The molecule has 0 amide bonds. The van der Waals surface area contributed by atoms with Crippen LogP contribution in [0.15, 0.2) is 29.6 Å². The molecule has 0 bridgehead atoms. The van der Waals surface area contributed by atoms with E-state index in [-0.39, 0.29) is 5.69 Å². The Morgan fingerprint density at radius 2 is 2.22 bits per heavy atom. The number of rotatable bonds is 4. The number of hydrogen-bond donors (Lipinski definition) is 1. The van der Waals surface area contributed by atoms with Crippen molar-refractivity contribution in [2.75, 3.05) is 5.32 Å². The zero-order valence-electron chi connectivity index (χ0n) is 9.64. The lowest BCUT2D eigenvalue weighted by atomic mass is 10.2. The van der Waals surface area contributed by atoms with Crippen LogP contribution in [0.3, 0.4) is 0 Å². The van der Waals surface area contributed by atoms with E-state index in [9.17, 15) is 10.1 Å². The number of nitro benzene ring substituents is 1. The number of anilines is 1. The van der Waals surface area contributed by atoms with Gasteiger partial charge in [0.25, 0.3) is 5.69 Å². The summed E-state index contributed by atoms with van der Waals surface area (Å²) in [4.78, 5) is 11.3. The second-order valence-electron chi connectivity index (χ2n) is 3.84. The molecule has 2 aromatic rings. The van der Waals surface area contributed by atoms with Crippen LogP contribution in [0.2, 0.25) is 5.02 Å². The molecule has 6 heteroatoms. The molecule has 0 fully saturated rings. The fourth-order valence-corrected chi connectivity index (χ4v) is 2.60. The number of nitrogens with zero attached hydrogens (tertiary/aromatic N) is 1. The third kappa shape index (κ3) is 3.00. The minimum Gasteiger partial charge on any atom is -0.380 e. The van der Waals surface area contributed by atoms with E-state index in [0.717, 1.165) is 21.2 Å². The molecule has 18 heavy (non-hydrogen) atoms. The van der Waals surface area contributed by atoms with Gasteiger partial charge in [-0.25, -0.2) is 0 Å². The number of aryl methyl sites for hydroxylation is 1. The fourth-order valence-electron chi connectivity index (χ4n) is 1.59. The summed E-state index contributed by atoms with van der Waals surface area (Å²) >= 11 is 7.42. The second-order valence-corrected chi connectivity index (χ2v) is 5.27. The van der Waals surface area contributed by atoms with Crippen LogP contribution in [0.25, 0.3) is 0 Å². The third-order valence-corrected chi connectivity index (χ3v) is 3.78. The summed E-state index contributed by atoms with van der Waals surface area (Å²) in [5.74, 6) is 0. The van der Waals surface area contributed by atoms with Crippen molar-refractivity contribution in [3.8, 4) is 0 Å². The van der Waals surface area contributed by atoms with Gasteiger partial charge in [0, 0.05) is 34.6 Å². The summed E-state index contributed by atoms with van der Waals surface area (Å²) in [5, 5.41) is 16.5. The van der Waals surface area contributed by atoms with E-state index in [1.165, 1.54) is 6.07 Å². The van der Waals surface area contributed by atoms with Gasteiger partial charge < -0.3 is 5.32 Å². The molecule has 1 N–H and O–H groups in total. The average Bonchev–Trinajstić information content (AvgIpc) is 2.73. The van der Waals surface area contributed by atoms with Gasteiger partial charge in [-0.05, 0) is 24.6 Å². The van der Waals surface area contributed by atoms with Crippen molar-refractivity contribution in [2.24, 2.45) is 0 Å². The van der Waals surface area contributed by atoms with Gasteiger partial charge >= 0.3 is 0 Å². The number of nitro groups is 1. The van der Waals surface area contributed by atoms with Gasteiger partial charge in [-0.2, -0.15) is 0 Å². The molecule has 1 aromatic heterocycles. The Kier molecular flexibility index (Phi) is 3.84. The number of hydrogen-bond acceptors (Lipinski definition) is 4. The molecule has 0 aliphatic carbocycles. The van der Waals surface area contributed by atoms with E-state index >= 15 is 0 Å². The van der Waals surface area contributed by atoms with Crippen molar-refractivity contribution >= 4 is 34.3 Å². The van der Waals surface area contributed by atoms with Crippen molar-refractivity contribution in [3.05, 3.63) is 55.2 Å². The number of non-ortho nitro benzene ring substituents is 1. The Balaban J connectivity index is 2.08. The van der Waals surface area contributed by atoms with Gasteiger partial charge in [0.15, 0.2) is 0 Å². The fraction of sp³-hybridized carbons (Fsp3) is 0.167. The smallest absolute Gasteiger partial charge is 0.269 e. The van der Waals surface area contributed by atoms with Crippen molar-refractivity contribution < 1.29 is 4.92 Å². The topological polar surface area (TPSA) is 55.2 Å². The molecule has 4 nitrogen and oxygen atoms in total. The average molecular weight is 283 g/mol. The van der Waals surface area contributed by atoms with Crippen LogP contribution in [0.1, 0.15) is 10.4 Å². The highest BCUT2D eigenvalue weighted by atomic mass is 35.5. The number of benzene rings is 1. The van der Waals surface area contributed by atoms with Crippen LogP contribution in [-0.4, -0.2) is 4.92 Å². The van der Waals surface area contributed by atoms with E-state index in [2.05, 4.69) is 5.32 Å². The lowest BCUT2D eigenvalue weighted by molar-refractivity contribution is -0.384. The van der Waals surface area contributed by atoms with Crippen LogP contribution >= 0.6 is 22.9 Å². The maximum Gasteiger partial charge on any atom is 0.269 e. The van der Waals surface area contributed by atoms with Crippen LogP contribution in [-0.2, 0) is 6.54 Å². The van der Waals surface area contributed by atoms with Crippen LogP contribution in [0, 0.1) is 17.0 Å². The number of halogens is 1. The molecule has 1 heterocycles. The first kappa shape index (κ1) is 12.9. The molecule has 0 aliphatic heterocycles. The summed E-state index contributed by atoms with van der Waals surface area (Å²) < 4.78 is 0. The van der Waals surface area contributed by atoms with Crippen LogP contribution < -0.4 is 5.32 Å². The minimum absolute atomic E-state index is 0.109. The molecular weight excluding hydrogens is 272 g/mol. The van der Waals surface area contributed by atoms with Gasteiger partial charge in [0.1, 0.15) is 0 Å². The van der Waals surface area contributed by atoms with Crippen molar-refractivity contribution in [3.63, 3.8) is 0 Å². The Hall–Kier alpha value is -1.59. The summed E-state index contributed by atoms with van der Waals surface area (Å²) in [6, 6.07) is 6.68. The van der Waals surface area contributed by atoms with Crippen molar-refractivity contribution in [1.82, 2.24) is 0 Å². The maximum atomic E-state index is 10.6. The largest absolute Gasteiger partial charge is 0.380 e. The third-order valence-electron chi connectivity index (χ3n) is 2.50. The SMILES string of the molecule is Cc1cc([N+](=O)[O-])ccc1NCc1cc(Cl)cs1. The van der Waals surface area contributed by atoms with E-state index in [1.807, 2.05) is 18.4 Å². The van der Waals surface area contributed by atoms with Crippen LogP contribution in [0.5, 0.6) is 0 Å². The van der Waals surface area contributed by atoms with E-state index in [4.69, 9.17) is 11.6 Å². The van der Waals surface area contributed by atoms with E-state index in [1.54, 1.807) is 23.5 Å². The molecule has 94 valence electrons. The van der Waals surface area contributed by atoms with Crippen molar-refractivity contribution in [2.45, 2.75) is 13.5 Å². The van der Waals surface area contributed by atoms with Crippen molar-refractivity contribution in [1.29, 1.82) is 0 Å². The summed E-state index contributed by atoms with van der Waals surface area (Å²) in [7, 11) is 0. The van der Waals surface area contributed by atoms with Crippen LogP contribution in [0.4, 0.5) is 11.4 Å². The quantitative estimate of drug-likeness (QED) is 0.674. The summed E-state index contributed by atoms with van der Waals surface area (Å²) in [6.07, 6.45) is 0. The monoisotopic (exact) mass is 282 g/mol. The van der Waals surface area contributed by atoms with Gasteiger partial charge in [0.05, 0.1) is 9.95 Å². The van der Waals surface area contributed by atoms with Gasteiger partial charge in [-0.1, -0.05) is 11.6 Å². The molecule has 0 aliphatic rings. The number of thiophene rings is 1.